The number of hydrogen-bond acceptors (Lipinski definition) is 3. The van der Waals surface area contributed by atoms with Gasteiger partial charge in [-0.3, -0.25) is 4.40 Å². The first-order valence-electron chi connectivity index (χ1n) is 6.31. The highest BCUT2D eigenvalue weighted by Gasteiger charge is 2.12. The molecular formula is C16H13N3O. The van der Waals surface area contributed by atoms with E-state index in [4.69, 9.17) is 4.74 Å². The lowest BCUT2D eigenvalue weighted by molar-refractivity contribution is 0.414. The predicted octanol–water partition coefficient (Wildman–Crippen LogP) is 2.81. The molecule has 0 saturated carbocycles. The lowest BCUT2D eigenvalue weighted by Crippen LogP contribution is -1.94. The number of nitriles is 1. The molecule has 0 bridgehead atoms. The highest BCUT2D eigenvalue weighted by atomic mass is 16.5. The van der Waals surface area contributed by atoms with E-state index in [9.17, 15) is 5.26 Å². The summed E-state index contributed by atoms with van der Waals surface area (Å²) < 4.78 is 7.03. The van der Waals surface area contributed by atoms with E-state index in [2.05, 4.69) is 11.1 Å². The minimum absolute atomic E-state index is 0.586. The molecule has 2 heterocycles. The Bertz CT molecular complexity index is 799. The van der Waals surface area contributed by atoms with Crippen molar-refractivity contribution in [3.63, 3.8) is 0 Å². The van der Waals surface area contributed by atoms with Gasteiger partial charge in [0.25, 0.3) is 0 Å². The van der Waals surface area contributed by atoms with Gasteiger partial charge in [0.2, 0.25) is 0 Å². The van der Waals surface area contributed by atoms with Crippen LogP contribution in [-0.4, -0.2) is 16.5 Å². The topological polar surface area (TPSA) is 50.3 Å². The molecule has 20 heavy (non-hydrogen) atoms. The summed E-state index contributed by atoms with van der Waals surface area (Å²) in [5.41, 5.74) is 3.24. The molecule has 0 atom stereocenters. The maximum Gasteiger partial charge on any atom is 0.148 e. The van der Waals surface area contributed by atoms with Crippen molar-refractivity contribution in [3.8, 4) is 11.8 Å². The van der Waals surface area contributed by atoms with Gasteiger partial charge in [-0.25, -0.2) is 4.98 Å². The fourth-order valence-electron chi connectivity index (χ4n) is 2.26. The summed E-state index contributed by atoms with van der Waals surface area (Å²) in [4.78, 5) is 4.53. The fraction of sp³-hybridized carbons (Fsp3) is 0.125. The van der Waals surface area contributed by atoms with Crippen molar-refractivity contribution in [2.24, 2.45) is 0 Å². The van der Waals surface area contributed by atoms with E-state index in [1.165, 1.54) is 0 Å². The molecule has 0 spiro atoms. The van der Waals surface area contributed by atoms with Crippen LogP contribution < -0.4 is 4.74 Å². The minimum atomic E-state index is 0.586. The Balaban J connectivity index is 2.04. The van der Waals surface area contributed by atoms with Crippen LogP contribution in [0.5, 0.6) is 5.75 Å². The number of imidazole rings is 1. The molecule has 0 N–H and O–H groups in total. The standard InChI is InChI=1S/C16H13N3O/c1-20-13-6-4-5-12(9-13)10-14-15(11-17)19-8-3-2-7-16(19)18-14/h2-9H,10H2,1H3. The van der Waals surface area contributed by atoms with Gasteiger partial charge >= 0.3 is 0 Å². The van der Waals surface area contributed by atoms with Crippen LogP contribution in [0.15, 0.2) is 48.7 Å². The van der Waals surface area contributed by atoms with Crippen molar-refractivity contribution < 1.29 is 4.74 Å². The number of rotatable bonds is 3. The number of nitrogens with zero attached hydrogens (tertiary/aromatic N) is 3. The van der Waals surface area contributed by atoms with Crippen LogP contribution in [0.1, 0.15) is 17.0 Å². The van der Waals surface area contributed by atoms with Crippen molar-refractivity contribution >= 4 is 5.65 Å². The van der Waals surface area contributed by atoms with Crippen LogP contribution in [0.4, 0.5) is 0 Å². The van der Waals surface area contributed by atoms with E-state index in [1.807, 2.05) is 53.1 Å². The van der Waals surface area contributed by atoms with Crippen molar-refractivity contribution in [2.75, 3.05) is 7.11 Å². The van der Waals surface area contributed by atoms with E-state index >= 15 is 0 Å². The summed E-state index contributed by atoms with van der Waals surface area (Å²) in [6.07, 6.45) is 2.47. The van der Waals surface area contributed by atoms with Gasteiger partial charge in [-0.15, -0.1) is 0 Å². The molecule has 0 saturated heterocycles. The minimum Gasteiger partial charge on any atom is -0.497 e. The van der Waals surface area contributed by atoms with Gasteiger partial charge in [0.15, 0.2) is 0 Å². The first kappa shape index (κ1) is 12.2. The second-order valence-electron chi connectivity index (χ2n) is 4.48. The molecule has 0 aliphatic carbocycles. The van der Waals surface area contributed by atoms with E-state index < -0.39 is 0 Å². The summed E-state index contributed by atoms with van der Waals surface area (Å²) in [5.74, 6) is 0.810. The Morgan fingerprint density at radius 2 is 2.15 bits per heavy atom. The quantitative estimate of drug-likeness (QED) is 0.730. The molecule has 3 aromatic rings. The molecular weight excluding hydrogens is 250 g/mol. The number of methoxy groups -OCH3 is 1. The van der Waals surface area contributed by atoms with E-state index in [-0.39, 0.29) is 0 Å². The van der Waals surface area contributed by atoms with Crippen LogP contribution in [0, 0.1) is 11.3 Å². The molecule has 0 radical (unpaired) electrons. The number of pyridine rings is 1. The molecule has 2 aromatic heterocycles. The molecule has 3 rings (SSSR count). The van der Waals surface area contributed by atoms with Crippen LogP contribution >= 0.6 is 0 Å². The first-order chi connectivity index (χ1) is 9.81. The lowest BCUT2D eigenvalue weighted by Gasteiger charge is -2.03. The number of fused-ring (bicyclic) bond motifs is 1. The number of aromatic nitrogens is 2. The Kier molecular flexibility index (Phi) is 3.10. The van der Waals surface area contributed by atoms with Gasteiger partial charge in [0.05, 0.1) is 12.8 Å². The van der Waals surface area contributed by atoms with Gasteiger partial charge < -0.3 is 4.74 Å². The Labute approximate surface area is 116 Å². The van der Waals surface area contributed by atoms with Crippen molar-refractivity contribution in [1.29, 1.82) is 5.26 Å². The third-order valence-electron chi connectivity index (χ3n) is 3.21. The molecule has 98 valence electrons. The predicted molar refractivity (Wildman–Crippen MR) is 75.7 cm³/mol. The van der Waals surface area contributed by atoms with Crippen LogP contribution in [0.3, 0.4) is 0 Å². The maximum absolute atomic E-state index is 9.35. The highest BCUT2D eigenvalue weighted by molar-refractivity contribution is 5.48. The zero-order valence-corrected chi connectivity index (χ0v) is 11.1. The molecule has 0 aliphatic rings. The van der Waals surface area contributed by atoms with Crippen molar-refractivity contribution in [2.45, 2.75) is 6.42 Å². The smallest absolute Gasteiger partial charge is 0.148 e. The van der Waals surface area contributed by atoms with Crippen molar-refractivity contribution in [3.05, 3.63) is 65.6 Å². The molecule has 4 nitrogen and oxygen atoms in total. The monoisotopic (exact) mass is 263 g/mol. The van der Waals surface area contributed by atoms with E-state index in [1.54, 1.807) is 7.11 Å². The van der Waals surface area contributed by atoms with E-state index in [0.29, 0.717) is 12.1 Å². The first-order valence-corrected chi connectivity index (χ1v) is 6.31. The summed E-state index contributed by atoms with van der Waals surface area (Å²) >= 11 is 0. The molecule has 0 amide bonds. The average Bonchev–Trinajstić information content (AvgIpc) is 2.84. The Morgan fingerprint density at radius 1 is 1.25 bits per heavy atom. The van der Waals surface area contributed by atoms with Crippen LogP contribution in [0.25, 0.3) is 5.65 Å². The Hall–Kier alpha value is -2.80. The maximum atomic E-state index is 9.35. The van der Waals surface area contributed by atoms with Gasteiger partial charge in [-0.05, 0) is 29.8 Å². The number of benzene rings is 1. The molecule has 4 heteroatoms. The second-order valence-corrected chi connectivity index (χ2v) is 4.48. The van der Waals surface area contributed by atoms with Crippen molar-refractivity contribution in [1.82, 2.24) is 9.38 Å². The van der Waals surface area contributed by atoms with Gasteiger partial charge in [-0.2, -0.15) is 5.26 Å². The number of ether oxygens (including phenoxy) is 1. The third kappa shape index (κ3) is 2.10. The average molecular weight is 263 g/mol. The SMILES string of the molecule is COc1cccc(Cc2nc3ccccn3c2C#N)c1. The normalized spacial score (nSPS) is 10.4. The largest absolute Gasteiger partial charge is 0.497 e. The Morgan fingerprint density at radius 3 is 2.95 bits per heavy atom. The summed E-state index contributed by atoms with van der Waals surface area (Å²) in [6.45, 7) is 0. The molecule has 0 fully saturated rings. The summed E-state index contributed by atoms with van der Waals surface area (Å²) in [6, 6.07) is 15.8. The fourth-order valence-corrected chi connectivity index (χ4v) is 2.26. The summed E-state index contributed by atoms with van der Waals surface area (Å²) in [7, 11) is 1.64. The van der Waals surface area contributed by atoms with Crippen LogP contribution in [0.2, 0.25) is 0 Å². The van der Waals surface area contributed by atoms with Gasteiger partial charge in [-0.1, -0.05) is 18.2 Å². The van der Waals surface area contributed by atoms with E-state index in [0.717, 1.165) is 22.7 Å². The third-order valence-corrected chi connectivity index (χ3v) is 3.21. The lowest BCUT2D eigenvalue weighted by atomic mass is 10.1. The highest BCUT2D eigenvalue weighted by Crippen LogP contribution is 2.19. The molecule has 0 unspecified atom stereocenters. The van der Waals surface area contributed by atoms with Crippen LogP contribution in [-0.2, 0) is 6.42 Å². The molecule has 1 aromatic carbocycles. The zero-order valence-electron chi connectivity index (χ0n) is 11.1. The second kappa shape index (κ2) is 5.06. The van der Waals surface area contributed by atoms with Gasteiger partial charge in [0, 0.05) is 12.6 Å². The zero-order chi connectivity index (χ0) is 13.9. The number of hydrogen-bond donors (Lipinski definition) is 0. The molecule has 0 aliphatic heterocycles. The van der Waals surface area contributed by atoms with Gasteiger partial charge in [0.1, 0.15) is 23.2 Å². The summed E-state index contributed by atoms with van der Waals surface area (Å²) in [5, 5.41) is 9.35.